The molecular formula is C27H28BrN2O3P. The lowest BCUT2D eigenvalue weighted by Gasteiger charge is -2.36. The van der Waals surface area contributed by atoms with E-state index in [1.54, 1.807) is 6.92 Å². The number of esters is 1. The van der Waals surface area contributed by atoms with Crippen LogP contribution in [0.4, 0.5) is 11.4 Å². The average molecular weight is 539 g/mol. The summed E-state index contributed by atoms with van der Waals surface area (Å²) in [7, 11) is -3.44. The fourth-order valence-electron chi connectivity index (χ4n) is 4.31. The van der Waals surface area contributed by atoms with Gasteiger partial charge in [-0.3, -0.25) is 9.36 Å². The van der Waals surface area contributed by atoms with Gasteiger partial charge in [-0.1, -0.05) is 71.0 Å². The highest BCUT2D eigenvalue weighted by Gasteiger charge is 2.49. The highest BCUT2D eigenvalue weighted by atomic mass is 79.9. The quantitative estimate of drug-likeness (QED) is 0.230. The lowest BCUT2D eigenvalue weighted by molar-refractivity contribution is -0.146. The lowest BCUT2D eigenvalue weighted by Crippen LogP contribution is -2.28. The van der Waals surface area contributed by atoms with E-state index in [9.17, 15) is 4.79 Å². The number of anilines is 2. The predicted octanol–water partition coefficient (Wildman–Crippen LogP) is 6.90. The molecule has 5 nitrogen and oxygen atoms in total. The third kappa shape index (κ3) is 4.84. The average Bonchev–Trinajstić information content (AvgIpc) is 3.22. The smallest absolute Gasteiger partial charge is 0.314 e. The van der Waals surface area contributed by atoms with Gasteiger partial charge in [0.2, 0.25) is 0 Å². The summed E-state index contributed by atoms with van der Waals surface area (Å²) in [6.45, 7) is 7.47. The summed E-state index contributed by atoms with van der Waals surface area (Å²) in [5.41, 5.74) is 2.64. The molecule has 34 heavy (non-hydrogen) atoms. The molecule has 1 aliphatic heterocycles. The summed E-state index contributed by atoms with van der Waals surface area (Å²) in [6.07, 6.45) is 0.361. The van der Waals surface area contributed by atoms with Gasteiger partial charge in [0, 0.05) is 34.3 Å². The molecule has 0 aliphatic carbocycles. The maximum absolute atomic E-state index is 15.1. The van der Waals surface area contributed by atoms with Crippen molar-refractivity contribution in [1.82, 2.24) is 0 Å². The first-order chi connectivity index (χ1) is 16.4. The van der Waals surface area contributed by atoms with E-state index in [4.69, 9.17) is 4.74 Å². The molecule has 0 spiro atoms. The number of hydrogen-bond donors (Lipinski definition) is 0. The van der Waals surface area contributed by atoms with Crippen molar-refractivity contribution in [2.45, 2.75) is 13.3 Å². The summed E-state index contributed by atoms with van der Waals surface area (Å²) in [5, 5.41) is 0.388. The largest absolute Gasteiger partial charge is 0.466 e. The molecule has 0 aromatic heterocycles. The van der Waals surface area contributed by atoms with Crippen molar-refractivity contribution in [3.63, 3.8) is 0 Å². The SMILES string of the molecule is C=C(C(Cc1ccc(Br)cc1)C(=O)OCC)P1(=O)N(c2ccccc2)CCN1c1ccccc1. The number of para-hydroxylation sites is 2. The van der Waals surface area contributed by atoms with E-state index in [-0.39, 0.29) is 6.61 Å². The fourth-order valence-corrected chi connectivity index (χ4v) is 7.67. The Kier molecular flexibility index (Phi) is 7.60. The van der Waals surface area contributed by atoms with Crippen LogP contribution in [0.3, 0.4) is 0 Å². The van der Waals surface area contributed by atoms with Crippen LogP contribution in [-0.2, 0) is 20.5 Å². The molecule has 3 aromatic rings. The van der Waals surface area contributed by atoms with Gasteiger partial charge in [0.15, 0.2) is 0 Å². The molecule has 176 valence electrons. The molecule has 1 heterocycles. The van der Waals surface area contributed by atoms with E-state index in [1.165, 1.54) is 0 Å². The Labute approximate surface area is 209 Å². The van der Waals surface area contributed by atoms with Crippen LogP contribution in [0.5, 0.6) is 0 Å². The topological polar surface area (TPSA) is 49.9 Å². The van der Waals surface area contributed by atoms with Crippen molar-refractivity contribution < 1.29 is 14.1 Å². The number of carbonyl (C=O) groups excluding carboxylic acids is 1. The first-order valence-electron chi connectivity index (χ1n) is 11.3. The van der Waals surface area contributed by atoms with Crippen molar-refractivity contribution in [2.75, 3.05) is 29.0 Å². The van der Waals surface area contributed by atoms with Gasteiger partial charge in [-0.2, -0.15) is 0 Å². The minimum Gasteiger partial charge on any atom is -0.466 e. The molecule has 1 fully saturated rings. The monoisotopic (exact) mass is 538 g/mol. The van der Waals surface area contributed by atoms with E-state index in [0.717, 1.165) is 21.4 Å². The zero-order valence-corrected chi connectivity index (χ0v) is 21.6. The number of rotatable bonds is 8. The van der Waals surface area contributed by atoms with Crippen molar-refractivity contribution in [3.05, 3.63) is 107 Å². The number of carbonyl (C=O) groups is 1. The highest BCUT2D eigenvalue weighted by Crippen LogP contribution is 2.67. The second-order valence-electron chi connectivity index (χ2n) is 8.09. The normalized spacial score (nSPS) is 15.7. The number of ether oxygens (including phenoxy) is 1. The minimum absolute atomic E-state index is 0.248. The zero-order valence-electron chi connectivity index (χ0n) is 19.1. The van der Waals surface area contributed by atoms with Gasteiger partial charge in [-0.05, 0) is 55.3 Å². The van der Waals surface area contributed by atoms with Crippen LogP contribution in [0.15, 0.2) is 101 Å². The summed E-state index contributed by atoms with van der Waals surface area (Å²) in [5.74, 6) is -1.15. The molecule has 0 saturated carbocycles. The third-order valence-corrected chi connectivity index (χ3v) is 9.75. The molecule has 0 bridgehead atoms. The Morgan fingerprint density at radius 3 is 1.91 bits per heavy atom. The van der Waals surface area contributed by atoms with Crippen LogP contribution in [0.25, 0.3) is 0 Å². The second kappa shape index (κ2) is 10.6. The van der Waals surface area contributed by atoms with E-state index in [0.29, 0.717) is 24.8 Å². The highest BCUT2D eigenvalue weighted by molar-refractivity contribution is 9.10. The number of benzene rings is 3. The van der Waals surface area contributed by atoms with E-state index < -0.39 is 19.3 Å². The molecule has 1 aliphatic rings. The van der Waals surface area contributed by atoms with Gasteiger partial charge in [-0.15, -0.1) is 0 Å². The van der Waals surface area contributed by atoms with Gasteiger partial charge in [0.25, 0.3) is 7.44 Å². The first-order valence-corrected chi connectivity index (χ1v) is 13.7. The number of halogens is 1. The lowest BCUT2D eigenvalue weighted by atomic mass is 9.99. The van der Waals surface area contributed by atoms with Crippen molar-refractivity contribution in [2.24, 2.45) is 5.92 Å². The summed E-state index contributed by atoms with van der Waals surface area (Å²) in [6, 6.07) is 27.2. The minimum atomic E-state index is -3.44. The number of nitrogens with zero attached hydrogens (tertiary/aromatic N) is 2. The van der Waals surface area contributed by atoms with Crippen molar-refractivity contribution >= 4 is 40.7 Å². The molecule has 0 amide bonds. The molecule has 3 aromatic carbocycles. The summed E-state index contributed by atoms with van der Waals surface area (Å²) in [4.78, 5) is 13.2. The molecule has 1 unspecified atom stereocenters. The summed E-state index contributed by atoms with van der Waals surface area (Å²) < 4.78 is 25.3. The van der Waals surface area contributed by atoms with Crippen LogP contribution in [0.1, 0.15) is 12.5 Å². The van der Waals surface area contributed by atoms with E-state index in [1.807, 2.05) is 94.3 Å². The Bertz CT molecular complexity index is 1130. The maximum Gasteiger partial charge on any atom is 0.314 e. The van der Waals surface area contributed by atoms with Crippen LogP contribution in [0, 0.1) is 5.92 Å². The van der Waals surface area contributed by atoms with Gasteiger partial charge in [0.05, 0.1) is 12.5 Å². The molecule has 0 N–H and O–H groups in total. The standard InChI is InChI=1S/C27H28BrN2O3P/c1-3-33-27(31)26(20-22-14-16-23(28)17-15-22)21(2)34(32)29(24-10-6-4-7-11-24)18-19-30(34)25-12-8-5-9-13-25/h4-17,26H,2-3,18-20H2,1H3. The Morgan fingerprint density at radius 2 is 1.44 bits per heavy atom. The van der Waals surface area contributed by atoms with Gasteiger partial charge in [-0.25, -0.2) is 0 Å². The van der Waals surface area contributed by atoms with Crippen LogP contribution < -0.4 is 9.34 Å². The van der Waals surface area contributed by atoms with Gasteiger partial charge in [0.1, 0.15) is 0 Å². The predicted molar refractivity (Wildman–Crippen MR) is 142 cm³/mol. The fraction of sp³-hybridized carbons (Fsp3) is 0.222. The third-order valence-electron chi connectivity index (χ3n) is 5.99. The van der Waals surface area contributed by atoms with Gasteiger partial charge < -0.3 is 14.1 Å². The summed E-state index contributed by atoms with van der Waals surface area (Å²) >= 11 is 3.46. The van der Waals surface area contributed by atoms with Crippen molar-refractivity contribution in [1.29, 1.82) is 0 Å². The molecule has 4 rings (SSSR count). The first kappa shape index (κ1) is 24.3. The van der Waals surface area contributed by atoms with Gasteiger partial charge >= 0.3 is 5.97 Å². The molecule has 0 radical (unpaired) electrons. The Hall–Kier alpha value is -2.82. The molecule has 7 heteroatoms. The second-order valence-corrected chi connectivity index (χ2v) is 11.6. The molecular weight excluding hydrogens is 511 g/mol. The van der Waals surface area contributed by atoms with Crippen LogP contribution in [-0.4, -0.2) is 25.7 Å². The number of hydrogen-bond acceptors (Lipinski definition) is 3. The molecule has 1 saturated heterocycles. The Morgan fingerprint density at radius 1 is 0.941 bits per heavy atom. The van der Waals surface area contributed by atoms with E-state index in [2.05, 4.69) is 22.5 Å². The maximum atomic E-state index is 15.1. The van der Waals surface area contributed by atoms with Crippen LogP contribution >= 0.6 is 23.4 Å². The van der Waals surface area contributed by atoms with E-state index >= 15 is 4.57 Å². The van der Waals surface area contributed by atoms with Crippen LogP contribution in [0.2, 0.25) is 0 Å². The van der Waals surface area contributed by atoms with Crippen molar-refractivity contribution in [3.8, 4) is 0 Å². The molecule has 1 atom stereocenters. The zero-order chi connectivity index (χ0) is 24.1. The Balaban J connectivity index is 1.79.